The molecular formula is C23H27N2OS+. The monoisotopic (exact) mass is 379 g/mol. The van der Waals surface area contributed by atoms with Crippen LogP contribution in [0.15, 0.2) is 66.4 Å². The number of rotatable bonds is 5. The molecule has 0 amide bonds. The quantitative estimate of drug-likeness (QED) is 0.710. The zero-order valence-corrected chi connectivity index (χ0v) is 16.9. The molecule has 0 spiro atoms. The van der Waals surface area contributed by atoms with Crippen molar-refractivity contribution in [1.82, 2.24) is 0 Å². The fourth-order valence-corrected chi connectivity index (χ4v) is 4.82. The lowest BCUT2D eigenvalue weighted by Crippen LogP contribution is -2.30. The second-order valence-corrected chi connectivity index (χ2v) is 8.58. The van der Waals surface area contributed by atoms with Gasteiger partial charge in [-0.15, -0.1) is 0 Å². The molecule has 2 heterocycles. The van der Waals surface area contributed by atoms with Crippen LogP contribution in [0.25, 0.3) is 0 Å². The third-order valence-electron chi connectivity index (χ3n) is 5.35. The van der Waals surface area contributed by atoms with E-state index < -0.39 is 0 Å². The van der Waals surface area contributed by atoms with Gasteiger partial charge in [0.2, 0.25) is 0 Å². The molecule has 0 unspecified atom stereocenters. The molecule has 2 aliphatic rings. The maximum atomic E-state index is 5.98. The number of hydrogen-bond donors (Lipinski definition) is 0. The minimum atomic E-state index is -0.00723. The Kier molecular flexibility index (Phi) is 5.26. The number of anilines is 1. The first kappa shape index (κ1) is 18.2. The van der Waals surface area contributed by atoms with Crippen molar-refractivity contribution < 1.29 is 9.31 Å². The number of para-hydroxylation sites is 2. The van der Waals surface area contributed by atoms with Crippen LogP contribution < -0.4 is 9.64 Å². The number of ether oxygens (including phenoxy) is 1. The molecule has 2 aromatic rings. The summed E-state index contributed by atoms with van der Waals surface area (Å²) < 4.78 is 8.38. The Morgan fingerprint density at radius 3 is 2.67 bits per heavy atom. The summed E-state index contributed by atoms with van der Waals surface area (Å²) in [4.78, 5) is 2.43. The number of benzene rings is 2. The van der Waals surface area contributed by atoms with E-state index in [0.29, 0.717) is 6.61 Å². The molecule has 4 heteroatoms. The van der Waals surface area contributed by atoms with Crippen molar-refractivity contribution in [2.75, 3.05) is 36.2 Å². The lowest BCUT2D eigenvalue weighted by atomic mass is 9.84. The topological polar surface area (TPSA) is 15.5 Å². The summed E-state index contributed by atoms with van der Waals surface area (Å²) >= 11 is 2.00. The summed E-state index contributed by atoms with van der Waals surface area (Å²) in [6.45, 7) is 7.28. The Bertz CT molecular complexity index is 850. The van der Waals surface area contributed by atoms with Crippen molar-refractivity contribution >= 4 is 23.7 Å². The Morgan fingerprint density at radius 2 is 1.89 bits per heavy atom. The van der Waals surface area contributed by atoms with Gasteiger partial charge in [0.25, 0.3) is 0 Å². The van der Waals surface area contributed by atoms with Gasteiger partial charge < -0.3 is 9.64 Å². The molecule has 140 valence electrons. The number of nitrogens with zero attached hydrogens (tertiary/aromatic N) is 2. The molecule has 2 aliphatic heterocycles. The number of hydrogen-bond acceptors (Lipinski definition) is 3. The van der Waals surface area contributed by atoms with E-state index in [0.717, 1.165) is 24.7 Å². The smallest absolute Gasteiger partial charge is 0.189 e. The molecule has 0 bridgehead atoms. The highest BCUT2D eigenvalue weighted by Gasteiger charge is 2.39. The molecule has 27 heavy (non-hydrogen) atoms. The van der Waals surface area contributed by atoms with Crippen molar-refractivity contribution in [3.63, 3.8) is 0 Å². The van der Waals surface area contributed by atoms with Crippen LogP contribution in [0.4, 0.5) is 5.69 Å². The molecule has 4 rings (SSSR count). The van der Waals surface area contributed by atoms with Gasteiger partial charge in [-0.25, -0.2) is 4.58 Å². The molecule has 0 N–H and O–H groups in total. The summed E-state index contributed by atoms with van der Waals surface area (Å²) in [7, 11) is 0. The van der Waals surface area contributed by atoms with E-state index in [-0.39, 0.29) is 5.41 Å². The molecule has 0 atom stereocenters. The van der Waals surface area contributed by atoms with Gasteiger partial charge in [-0.3, -0.25) is 0 Å². The molecule has 3 nitrogen and oxygen atoms in total. The van der Waals surface area contributed by atoms with Crippen molar-refractivity contribution in [1.29, 1.82) is 0 Å². The molecule has 1 fully saturated rings. The van der Waals surface area contributed by atoms with Gasteiger partial charge in [-0.05, 0) is 23.8 Å². The van der Waals surface area contributed by atoms with Crippen molar-refractivity contribution in [2.24, 2.45) is 0 Å². The van der Waals surface area contributed by atoms with Gasteiger partial charge in [-0.1, -0.05) is 62.0 Å². The predicted octanol–water partition coefficient (Wildman–Crippen LogP) is 4.53. The summed E-state index contributed by atoms with van der Waals surface area (Å²) in [5, 5.41) is 0. The first-order chi connectivity index (χ1) is 13.2. The minimum Gasteiger partial charge on any atom is -0.492 e. The van der Waals surface area contributed by atoms with Crippen molar-refractivity contribution in [3.05, 3.63) is 71.9 Å². The summed E-state index contributed by atoms with van der Waals surface area (Å²) in [6.07, 6.45) is 4.59. The van der Waals surface area contributed by atoms with E-state index in [4.69, 9.17) is 4.74 Å². The van der Waals surface area contributed by atoms with Crippen LogP contribution in [0.1, 0.15) is 19.4 Å². The Labute approximate surface area is 166 Å². The molecule has 0 saturated carbocycles. The molecule has 0 radical (unpaired) electrons. The summed E-state index contributed by atoms with van der Waals surface area (Å²) in [6, 6.07) is 18.8. The predicted molar refractivity (Wildman–Crippen MR) is 115 cm³/mol. The van der Waals surface area contributed by atoms with Crippen molar-refractivity contribution in [2.45, 2.75) is 19.3 Å². The zero-order valence-electron chi connectivity index (χ0n) is 16.1. The maximum Gasteiger partial charge on any atom is 0.189 e. The van der Waals surface area contributed by atoms with E-state index in [1.165, 1.54) is 22.7 Å². The molecule has 0 aliphatic carbocycles. The van der Waals surface area contributed by atoms with E-state index in [2.05, 4.69) is 59.9 Å². The Hall–Kier alpha value is -2.20. The van der Waals surface area contributed by atoms with Crippen molar-refractivity contribution in [3.8, 4) is 5.75 Å². The SMILES string of the molecule is CC1(C)C(=CC=[N+]2CCSC2)N(CCOc2ccccc2)c2ccccc21. The molecular weight excluding hydrogens is 352 g/mol. The number of thioether (sulfide) groups is 1. The average molecular weight is 380 g/mol. The van der Waals surface area contributed by atoms with Crippen LogP contribution in [0, 0.1) is 0 Å². The third kappa shape index (κ3) is 3.77. The lowest BCUT2D eigenvalue weighted by molar-refractivity contribution is -0.489. The largest absolute Gasteiger partial charge is 0.492 e. The third-order valence-corrected chi connectivity index (χ3v) is 6.33. The van der Waals surface area contributed by atoms with Crippen LogP contribution in [-0.4, -0.2) is 42.1 Å². The number of allylic oxidation sites excluding steroid dienone is 2. The van der Waals surface area contributed by atoms with Crippen LogP contribution in [0.5, 0.6) is 5.75 Å². The maximum absolute atomic E-state index is 5.98. The number of fused-ring (bicyclic) bond motifs is 1. The van der Waals surface area contributed by atoms with Gasteiger partial charge in [-0.2, -0.15) is 0 Å². The summed E-state index contributed by atoms with van der Waals surface area (Å²) in [5.41, 5.74) is 4.03. The highest BCUT2D eigenvalue weighted by Crippen LogP contribution is 2.47. The normalized spacial score (nSPS) is 21.0. The molecule has 0 aromatic heterocycles. The fraction of sp³-hybridized carbons (Fsp3) is 0.348. The van der Waals surface area contributed by atoms with Crippen LogP contribution >= 0.6 is 11.8 Å². The van der Waals surface area contributed by atoms with Gasteiger partial charge >= 0.3 is 0 Å². The Balaban J connectivity index is 1.59. The lowest BCUT2D eigenvalue weighted by Gasteiger charge is -2.26. The van der Waals surface area contributed by atoms with Gasteiger partial charge in [0, 0.05) is 22.9 Å². The highest BCUT2D eigenvalue weighted by atomic mass is 32.2. The minimum absolute atomic E-state index is 0.00723. The van der Waals surface area contributed by atoms with Crippen LogP contribution in [-0.2, 0) is 5.41 Å². The van der Waals surface area contributed by atoms with Gasteiger partial charge in [0.15, 0.2) is 18.6 Å². The average Bonchev–Trinajstić information content (AvgIpc) is 3.27. The van der Waals surface area contributed by atoms with E-state index >= 15 is 0 Å². The standard InChI is InChI=1S/C23H27N2OS/c1-23(2)20-10-6-7-11-21(20)25(14-16-26-19-8-4-3-5-9-19)22(23)12-13-24-15-17-27-18-24/h3-13H,14-18H2,1-2H3/q+1. The Morgan fingerprint density at radius 1 is 1.11 bits per heavy atom. The van der Waals surface area contributed by atoms with E-state index in [9.17, 15) is 0 Å². The van der Waals surface area contributed by atoms with Crippen LogP contribution in [0.2, 0.25) is 0 Å². The zero-order chi connectivity index (χ0) is 18.7. The van der Waals surface area contributed by atoms with Crippen LogP contribution in [0.3, 0.4) is 0 Å². The second-order valence-electron chi connectivity index (χ2n) is 7.51. The summed E-state index contributed by atoms with van der Waals surface area (Å²) in [5.74, 6) is 3.24. The second kappa shape index (κ2) is 7.81. The molecule has 1 saturated heterocycles. The highest BCUT2D eigenvalue weighted by molar-refractivity contribution is 7.99. The first-order valence-corrected chi connectivity index (χ1v) is 10.7. The van der Waals surface area contributed by atoms with Gasteiger partial charge in [0.1, 0.15) is 12.4 Å². The van der Waals surface area contributed by atoms with E-state index in [1.54, 1.807) is 0 Å². The first-order valence-electron chi connectivity index (χ1n) is 9.58. The van der Waals surface area contributed by atoms with Gasteiger partial charge in [0.05, 0.1) is 12.3 Å². The van der Waals surface area contributed by atoms with E-state index in [1.807, 2.05) is 42.1 Å². The fourth-order valence-electron chi connectivity index (χ4n) is 3.88. The molecule has 2 aromatic carbocycles.